The van der Waals surface area contributed by atoms with Gasteiger partial charge in [0.15, 0.2) is 15.4 Å². The molecule has 12 heteroatoms. The Kier molecular flexibility index (Phi) is 4.96. The molecular weight excluding hydrogens is 366 g/mol. The maximum atomic E-state index is 11.9. The van der Waals surface area contributed by atoms with Gasteiger partial charge in [-0.25, -0.2) is 13.0 Å². The molecule has 1 aliphatic rings. The van der Waals surface area contributed by atoms with Crippen molar-refractivity contribution in [3.63, 3.8) is 0 Å². The predicted molar refractivity (Wildman–Crippen MR) is 94.1 cm³/mol. The zero-order valence-electron chi connectivity index (χ0n) is 14.1. The van der Waals surface area contributed by atoms with E-state index in [9.17, 15) is 18.5 Å². The molecule has 2 heterocycles. The number of nitrogens with one attached hydrogen (secondary N) is 1. The number of aromatic nitrogens is 2. The van der Waals surface area contributed by atoms with Gasteiger partial charge in [0.25, 0.3) is 0 Å². The molecule has 26 heavy (non-hydrogen) atoms. The van der Waals surface area contributed by atoms with Gasteiger partial charge in [-0.2, -0.15) is 0 Å². The molecule has 1 aromatic carbocycles. The van der Waals surface area contributed by atoms with Crippen molar-refractivity contribution in [1.29, 1.82) is 0 Å². The van der Waals surface area contributed by atoms with E-state index in [4.69, 9.17) is 9.74 Å². The normalized spacial score (nSPS) is 18.9. The zero-order chi connectivity index (χ0) is 18.9. The van der Waals surface area contributed by atoms with Crippen LogP contribution in [0.1, 0.15) is 13.3 Å². The van der Waals surface area contributed by atoms with Crippen molar-refractivity contribution in [1.82, 2.24) is 10.3 Å². The first-order valence-corrected chi connectivity index (χ1v) is 9.95. The Morgan fingerprint density at radius 1 is 1.46 bits per heavy atom. The molecule has 0 radical (unpaired) electrons. The average molecular weight is 385 g/mol. The fourth-order valence-corrected chi connectivity index (χ4v) is 5.02. The highest BCUT2D eigenvalue weighted by Crippen LogP contribution is 2.39. The fourth-order valence-electron chi connectivity index (χ4n) is 3.29. The molecule has 3 rings (SSSR count). The smallest absolute Gasteiger partial charge is 0.323 e. The number of aliphatic hydroxyl groups is 1. The summed E-state index contributed by atoms with van der Waals surface area (Å²) in [5, 5.41) is 30.8. The van der Waals surface area contributed by atoms with Crippen LogP contribution in [0.3, 0.4) is 0 Å². The maximum absolute atomic E-state index is 11.9. The Morgan fingerprint density at radius 2 is 2.19 bits per heavy atom. The van der Waals surface area contributed by atoms with Crippen LogP contribution < -0.4 is 10.2 Å². The number of nitro groups is 1. The molecule has 11 nitrogen and oxygen atoms in total. The molecular formula is C14H19N5O6S. The number of fused-ring (bicyclic) bond motifs is 1. The Hall–Kier alpha value is -2.47. The van der Waals surface area contributed by atoms with Crippen LogP contribution in [-0.4, -0.2) is 66.0 Å². The third-order valence-electron chi connectivity index (χ3n) is 4.40. The molecule has 1 aromatic heterocycles. The minimum atomic E-state index is -3.10. The standard InChI is InChI=1S/C14H19N5O6S/c1-2-18(9-3-6-26(23,24)8-9)11-7-10(15-4-5-20)14(19(21)22)13-12(11)16-25-17-13/h7,9,15,20H,2-6,8H2,1H3. The van der Waals surface area contributed by atoms with Gasteiger partial charge in [-0.3, -0.25) is 10.1 Å². The van der Waals surface area contributed by atoms with Gasteiger partial charge >= 0.3 is 5.69 Å². The Morgan fingerprint density at radius 3 is 2.77 bits per heavy atom. The highest BCUT2D eigenvalue weighted by Gasteiger charge is 2.35. The molecule has 0 bridgehead atoms. The summed E-state index contributed by atoms with van der Waals surface area (Å²) in [6, 6.07) is 1.28. The average Bonchev–Trinajstić information content (AvgIpc) is 3.19. The van der Waals surface area contributed by atoms with Gasteiger partial charge in [0.1, 0.15) is 5.69 Å². The van der Waals surface area contributed by atoms with E-state index in [-0.39, 0.29) is 53.1 Å². The number of benzene rings is 1. The summed E-state index contributed by atoms with van der Waals surface area (Å²) >= 11 is 0. The molecule has 142 valence electrons. The number of nitrogens with zero attached hydrogens (tertiary/aromatic N) is 4. The second kappa shape index (κ2) is 7.03. The second-order valence-corrected chi connectivity index (χ2v) is 8.23. The van der Waals surface area contributed by atoms with Crippen LogP contribution in [0, 0.1) is 10.1 Å². The van der Waals surface area contributed by atoms with E-state index in [1.54, 1.807) is 0 Å². The molecule has 1 unspecified atom stereocenters. The second-order valence-electron chi connectivity index (χ2n) is 6.00. The molecule has 0 spiro atoms. The summed E-state index contributed by atoms with van der Waals surface area (Å²) in [6.45, 7) is 2.26. The van der Waals surface area contributed by atoms with E-state index in [1.807, 2.05) is 11.8 Å². The summed E-state index contributed by atoms with van der Waals surface area (Å²) < 4.78 is 28.4. The number of anilines is 2. The molecule has 1 aliphatic heterocycles. The molecule has 1 fully saturated rings. The van der Waals surface area contributed by atoms with Crippen LogP contribution in [0.25, 0.3) is 11.0 Å². The summed E-state index contributed by atoms with van der Waals surface area (Å²) in [6.07, 6.45) is 0.472. The van der Waals surface area contributed by atoms with Crippen molar-refractivity contribution in [2.24, 2.45) is 0 Å². The first kappa shape index (κ1) is 18.3. The third-order valence-corrected chi connectivity index (χ3v) is 6.15. The first-order valence-electron chi connectivity index (χ1n) is 8.13. The highest BCUT2D eigenvalue weighted by molar-refractivity contribution is 7.91. The number of rotatable bonds is 7. The van der Waals surface area contributed by atoms with Gasteiger partial charge in [-0.1, -0.05) is 0 Å². The van der Waals surface area contributed by atoms with E-state index in [2.05, 4.69) is 15.6 Å². The zero-order valence-corrected chi connectivity index (χ0v) is 14.9. The summed E-state index contributed by atoms with van der Waals surface area (Å²) in [5.41, 5.74) is 0.566. The Bertz CT molecular complexity index is 927. The van der Waals surface area contributed by atoms with Crippen LogP contribution in [0.2, 0.25) is 0 Å². The van der Waals surface area contributed by atoms with Crippen LogP contribution in [-0.2, 0) is 9.84 Å². The largest absolute Gasteiger partial charge is 0.395 e. The lowest BCUT2D eigenvalue weighted by Gasteiger charge is -2.29. The number of nitro benzene ring substituents is 1. The van der Waals surface area contributed by atoms with Gasteiger partial charge in [0.2, 0.25) is 5.52 Å². The van der Waals surface area contributed by atoms with Gasteiger partial charge in [0.05, 0.1) is 28.7 Å². The van der Waals surface area contributed by atoms with Crippen molar-refractivity contribution in [3.05, 3.63) is 16.2 Å². The summed E-state index contributed by atoms with van der Waals surface area (Å²) in [4.78, 5) is 12.8. The first-order chi connectivity index (χ1) is 12.4. The quantitative estimate of drug-likeness (QED) is 0.510. The minimum Gasteiger partial charge on any atom is -0.395 e. The monoisotopic (exact) mass is 385 g/mol. The highest BCUT2D eigenvalue weighted by atomic mass is 32.2. The summed E-state index contributed by atoms with van der Waals surface area (Å²) in [7, 11) is -3.10. The van der Waals surface area contributed by atoms with E-state index in [0.29, 0.717) is 18.7 Å². The molecule has 2 aromatic rings. The summed E-state index contributed by atoms with van der Waals surface area (Å²) in [5.74, 6) is 0.126. The van der Waals surface area contributed by atoms with Gasteiger partial charge in [-0.05, 0) is 29.7 Å². The van der Waals surface area contributed by atoms with E-state index < -0.39 is 14.8 Å². The van der Waals surface area contributed by atoms with E-state index in [1.165, 1.54) is 6.07 Å². The predicted octanol–water partition coefficient (Wildman–Crippen LogP) is 0.549. The van der Waals surface area contributed by atoms with Crippen molar-refractivity contribution in [2.75, 3.05) is 41.4 Å². The van der Waals surface area contributed by atoms with Gasteiger partial charge in [0, 0.05) is 19.1 Å². The molecule has 1 atom stereocenters. The number of aliphatic hydroxyl groups excluding tert-OH is 1. The van der Waals surface area contributed by atoms with Gasteiger partial charge < -0.3 is 15.3 Å². The van der Waals surface area contributed by atoms with E-state index in [0.717, 1.165) is 0 Å². The van der Waals surface area contributed by atoms with Gasteiger partial charge in [-0.15, -0.1) is 0 Å². The van der Waals surface area contributed by atoms with Crippen molar-refractivity contribution in [2.45, 2.75) is 19.4 Å². The number of hydrogen-bond donors (Lipinski definition) is 2. The number of hydrogen-bond acceptors (Lipinski definition) is 10. The van der Waals surface area contributed by atoms with E-state index >= 15 is 0 Å². The van der Waals surface area contributed by atoms with Crippen molar-refractivity contribution in [3.8, 4) is 0 Å². The minimum absolute atomic E-state index is 0.0179. The molecule has 0 saturated carbocycles. The van der Waals surface area contributed by atoms with Crippen molar-refractivity contribution < 1.29 is 23.1 Å². The molecule has 0 aliphatic carbocycles. The van der Waals surface area contributed by atoms with Crippen molar-refractivity contribution >= 4 is 37.9 Å². The number of sulfone groups is 1. The lowest BCUT2D eigenvalue weighted by atomic mass is 10.1. The SMILES string of the molecule is CCN(c1cc(NCCO)c([N+](=O)[O-])c2nonc12)C1CCS(=O)(=O)C1. The molecule has 0 amide bonds. The van der Waals surface area contributed by atoms with Crippen LogP contribution in [0.15, 0.2) is 10.7 Å². The van der Waals surface area contributed by atoms with Crippen LogP contribution >= 0.6 is 0 Å². The Balaban J connectivity index is 2.14. The topological polar surface area (TPSA) is 152 Å². The molecule has 2 N–H and O–H groups in total. The van der Waals surface area contributed by atoms with Crippen LogP contribution in [0.5, 0.6) is 0 Å². The fraction of sp³-hybridized carbons (Fsp3) is 0.571. The Labute approximate surface area is 149 Å². The lowest BCUT2D eigenvalue weighted by Crippen LogP contribution is -2.36. The lowest BCUT2D eigenvalue weighted by molar-refractivity contribution is -0.382. The molecule has 1 saturated heterocycles. The maximum Gasteiger partial charge on any atom is 0.323 e. The third kappa shape index (κ3) is 3.29. The van der Waals surface area contributed by atoms with Crippen LogP contribution in [0.4, 0.5) is 17.1 Å².